The molecular weight excluding hydrogens is 272 g/mol. The number of nitrogens with one attached hydrogen (secondary N) is 1. The van der Waals surface area contributed by atoms with Gasteiger partial charge in [0.15, 0.2) is 0 Å². The molecule has 0 aliphatic rings. The van der Waals surface area contributed by atoms with E-state index >= 15 is 0 Å². The first-order valence-corrected chi connectivity index (χ1v) is 6.85. The third kappa shape index (κ3) is 7.10. The molecule has 1 N–H and O–H groups in total. The lowest BCUT2D eigenvalue weighted by Gasteiger charge is -2.10. The molecular formula is C15H20N2O4. The first kappa shape index (κ1) is 16.7. The number of hydrogen-bond acceptors (Lipinski definition) is 4. The number of allylic oxidation sites excluding steroid dienone is 2. The smallest absolute Gasteiger partial charge is 0.294 e. The Morgan fingerprint density at radius 1 is 1.38 bits per heavy atom. The van der Waals surface area contributed by atoms with Crippen LogP contribution in [0.4, 0.5) is 0 Å². The summed E-state index contributed by atoms with van der Waals surface area (Å²) < 4.78 is 0. The van der Waals surface area contributed by atoms with E-state index in [1.165, 1.54) is 0 Å². The van der Waals surface area contributed by atoms with Crippen molar-refractivity contribution in [3.63, 3.8) is 0 Å². The zero-order valence-electron chi connectivity index (χ0n) is 12.1. The predicted molar refractivity (Wildman–Crippen MR) is 78.7 cm³/mol. The van der Waals surface area contributed by atoms with Gasteiger partial charge in [-0.05, 0) is 30.9 Å². The number of nitrogens with zero attached hydrogens (tertiary/aromatic N) is 1. The fourth-order valence-corrected chi connectivity index (χ4v) is 1.82. The topological polar surface area (TPSA) is 81.5 Å². The van der Waals surface area contributed by atoms with Crippen molar-refractivity contribution in [2.75, 3.05) is 0 Å². The molecule has 1 rings (SSSR count). The van der Waals surface area contributed by atoms with Crippen LogP contribution >= 0.6 is 0 Å². The van der Waals surface area contributed by atoms with Crippen molar-refractivity contribution < 1.29 is 14.7 Å². The fraction of sp³-hybridized carbons (Fsp3) is 0.400. The van der Waals surface area contributed by atoms with Gasteiger partial charge in [-0.2, -0.15) is 0 Å². The van der Waals surface area contributed by atoms with Gasteiger partial charge >= 0.3 is 0 Å². The maximum absolute atomic E-state index is 11.7. The van der Waals surface area contributed by atoms with Crippen LogP contribution < -0.4 is 5.32 Å². The number of unbranched alkanes of at least 4 members (excludes halogenated alkanes) is 1. The average Bonchev–Trinajstić information content (AvgIpc) is 2.48. The van der Waals surface area contributed by atoms with Crippen LogP contribution in [-0.2, 0) is 22.8 Å². The zero-order chi connectivity index (χ0) is 15.5. The van der Waals surface area contributed by atoms with Crippen LogP contribution in [0.1, 0.15) is 37.3 Å². The largest absolute Gasteiger partial charge is 0.352 e. The minimum absolute atomic E-state index is 0.0236. The van der Waals surface area contributed by atoms with Crippen LogP contribution in [0, 0.1) is 10.1 Å². The Hall–Kier alpha value is -2.37. The molecule has 1 aromatic rings. The second-order valence-corrected chi connectivity index (χ2v) is 4.50. The molecule has 114 valence electrons. The standard InChI is InChI=1S/C15H20N2O4/c1-2-3-4-5-10-15(18)16-11-13-8-6-7-9-14(13)12-21-17(19)20/h2-3,6-9H,4-5,10-12H2,1H3,(H,16,18)/b3-2-. The SMILES string of the molecule is C/C=C\CCCC(=O)NCc1ccccc1CO[N+](=O)[O-]. The summed E-state index contributed by atoms with van der Waals surface area (Å²) in [6.45, 7) is 2.18. The molecule has 21 heavy (non-hydrogen) atoms. The predicted octanol–water partition coefficient (Wildman–Crippen LogP) is 2.76. The molecule has 0 radical (unpaired) electrons. The van der Waals surface area contributed by atoms with Gasteiger partial charge in [-0.15, -0.1) is 10.1 Å². The number of benzene rings is 1. The summed E-state index contributed by atoms with van der Waals surface area (Å²) in [7, 11) is 0. The highest BCUT2D eigenvalue weighted by atomic mass is 16.9. The molecule has 1 amide bonds. The molecule has 6 nitrogen and oxygen atoms in total. The van der Waals surface area contributed by atoms with E-state index in [2.05, 4.69) is 10.2 Å². The van der Waals surface area contributed by atoms with Crippen molar-refractivity contribution >= 4 is 5.91 Å². The monoisotopic (exact) mass is 292 g/mol. The van der Waals surface area contributed by atoms with Crippen LogP contribution in [0.15, 0.2) is 36.4 Å². The highest BCUT2D eigenvalue weighted by Crippen LogP contribution is 2.10. The van der Waals surface area contributed by atoms with Crippen molar-refractivity contribution in [2.24, 2.45) is 0 Å². The van der Waals surface area contributed by atoms with E-state index in [0.717, 1.165) is 18.4 Å². The van der Waals surface area contributed by atoms with Gasteiger partial charge in [0.25, 0.3) is 5.09 Å². The van der Waals surface area contributed by atoms with Gasteiger partial charge in [-0.25, -0.2) is 0 Å². The second-order valence-electron chi connectivity index (χ2n) is 4.50. The second kappa shape index (κ2) is 9.52. The summed E-state index contributed by atoms with van der Waals surface area (Å²) >= 11 is 0. The quantitative estimate of drug-likeness (QED) is 0.328. The number of hydrogen-bond donors (Lipinski definition) is 1. The molecule has 0 aromatic heterocycles. The van der Waals surface area contributed by atoms with Gasteiger partial charge in [0.1, 0.15) is 6.61 Å². The summed E-state index contributed by atoms with van der Waals surface area (Å²) in [6.07, 6.45) is 6.15. The van der Waals surface area contributed by atoms with E-state index in [-0.39, 0.29) is 12.5 Å². The fourth-order valence-electron chi connectivity index (χ4n) is 1.82. The molecule has 0 spiro atoms. The summed E-state index contributed by atoms with van der Waals surface area (Å²) in [5, 5.41) is 12.2. The Bertz CT molecular complexity index is 500. The minimum Gasteiger partial charge on any atom is -0.352 e. The van der Waals surface area contributed by atoms with E-state index in [1.54, 1.807) is 12.1 Å². The van der Waals surface area contributed by atoms with Crippen LogP contribution in [0.25, 0.3) is 0 Å². The molecule has 0 fully saturated rings. The van der Waals surface area contributed by atoms with Gasteiger partial charge in [0.05, 0.1) is 0 Å². The first-order chi connectivity index (χ1) is 10.1. The Kier molecular flexibility index (Phi) is 7.56. The molecule has 6 heteroatoms. The van der Waals surface area contributed by atoms with Crippen molar-refractivity contribution in [3.8, 4) is 0 Å². The molecule has 0 aliphatic carbocycles. The minimum atomic E-state index is -0.823. The van der Waals surface area contributed by atoms with Crippen molar-refractivity contribution in [2.45, 2.75) is 39.3 Å². The van der Waals surface area contributed by atoms with Gasteiger partial charge in [-0.1, -0.05) is 36.4 Å². The number of rotatable bonds is 9. The van der Waals surface area contributed by atoms with Crippen molar-refractivity contribution in [1.29, 1.82) is 0 Å². The lowest BCUT2D eigenvalue weighted by atomic mass is 10.1. The zero-order valence-corrected chi connectivity index (χ0v) is 12.1. The maximum atomic E-state index is 11.7. The molecule has 0 bridgehead atoms. The highest BCUT2D eigenvalue weighted by molar-refractivity contribution is 5.75. The maximum Gasteiger partial charge on any atom is 0.294 e. The van der Waals surface area contributed by atoms with Crippen LogP contribution in [-0.4, -0.2) is 11.0 Å². The molecule has 1 aromatic carbocycles. The normalized spacial score (nSPS) is 10.5. The number of carbonyl (C=O) groups excluding carboxylic acids is 1. The lowest BCUT2D eigenvalue weighted by Crippen LogP contribution is -2.23. The van der Waals surface area contributed by atoms with Crippen LogP contribution in [0.3, 0.4) is 0 Å². The summed E-state index contributed by atoms with van der Waals surface area (Å²) in [5.74, 6) is -0.0236. The van der Waals surface area contributed by atoms with Crippen LogP contribution in [0.2, 0.25) is 0 Å². The molecule has 0 atom stereocenters. The van der Waals surface area contributed by atoms with E-state index in [9.17, 15) is 14.9 Å². The van der Waals surface area contributed by atoms with Crippen molar-refractivity contribution in [1.82, 2.24) is 5.32 Å². The third-order valence-electron chi connectivity index (χ3n) is 2.93. The lowest BCUT2D eigenvalue weighted by molar-refractivity contribution is -0.763. The molecule has 0 unspecified atom stereocenters. The van der Waals surface area contributed by atoms with Gasteiger partial charge in [0.2, 0.25) is 5.91 Å². The van der Waals surface area contributed by atoms with Crippen molar-refractivity contribution in [3.05, 3.63) is 57.7 Å². The third-order valence-corrected chi connectivity index (χ3v) is 2.93. The molecule has 0 saturated carbocycles. The van der Waals surface area contributed by atoms with Gasteiger partial charge in [0, 0.05) is 13.0 Å². The molecule has 0 saturated heterocycles. The Balaban J connectivity index is 2.43. The van der Waals surface area contributed by atoms with E-state index in [1.807, 2.05) is 31.2 Å². The average molecular weight is 292 g/mol. The Labute approximate surface area is 123 Å². The number of amides is 1. The Morgan fingerprint density at radius 2 is 2.10 bits per heavy atom. The summed E-state index contributed by atoms with van der Waals surface area (Å²) in [4.78, 5) is 26.3. The molecule has 0 heterocycles. The van der Waals surface area contributed by atoms with E-state index in [4.69, 9.17) is 0 Å². The van der Waals surface area contributed by atoms with Gasteiger partial charge in [-0.3, -0.25) is 4.79 Å². The van der Waals surface area contributed by atoms with E-state index in [0.29, 0.717) is 18.5 Å². The van der Waals surface area contributed by atoms with Gasteiger partial charge < -0.3 is 10.2 Å². The first-order valence-electron chi connectivity index (χ1n) is 6.85. The summed E-state index contributed by atoms with van der Waals surface area (Å²) in [5.41, 5.74) is 1.52. The Morgan fingerprint density at radius 3 is 2.76 bits per heavy atom. The highest BCUT2D eigenvalue weighted by Gasteiger charge is 2.06. The van der Waals surface area contributed by atoms with E-state index < -0.39 is 5.09 Å². The summed E-state index contributed by atoms with van der Waals surface area (Å²) in [6, 6.07) is 7.17. The van der Waals surface area contributed by atoms with Crippen LogP contribution in [0.5, 0.6) is 0 Å². The molecule has 0 aliphatic heterocycles. The number of carbonyl (C=O) groups is 1.